The monoisotopic (exact) mass is 182 g/mol. The molecule has 0 unspecified atom stereocenters. The third-order valence-electron chi connectivity index (χ3n) is 1.44. The molecule has 0 aliphatic rings. The van der Waals surface area contributed by atoms with E-state index in [0.29, 0.717) is 30.7 Å². The second-order valence-corrected chi connectivity index (χ2v) is 2.41. The molecular weight excluding hydrogens is 168 g/mol. The highest BCUT2D eigenvalue weighted by atomic mass is 16.5. The number of nitrogen functional groups attached to an aromatic ring is 1. The third kappa shape index (κ3) is 2.50. The maximum Gasteiger partial charge on any atom is 0.240 e. The molecule has 0 radical (unpaired) electrons. The highest BCUT2D eigenvalue weighted by molar-refractivity contribution is 5.49. The molecule has 0 aromatic carbocycles. The Balaban J connectivity index is 2.83. The minimum atomic E-state index is 0.438. The van der Waals surface area contributed by atoms with Crippen molar-refractivity contribution in [1.29, 1.82) is 0 Å². The number of aromatic nitrogens is 1. The van der Waals surface area contributed by atoms with Gasteiger partial charge in [-0.05, 0) is 19.9 Å². The van der Waals surface area contributed by atoms with Gasteiger partial charge in [0, 0.05) is 6.07 Å². The zero-order valence-electron chi connectivity index (χ0n) is 7.91. The van der Waals surface area contributed by atoms with Gasteiger partial charge in [0.25, 0.3) is 0 Å². The third-order valence-corrected chi connectivity index (χ3v) is 1.44. The molecule has 0 saturated heterocycles. The van der Waals surface area contributed by atoms with E-state index in [4.69, 9.17) is 15.2 Å². The van der Waals surface area contributed by atoms with Crippen LogP contribution in [0, 0.1) is 0 Å². The van der Waals surface area contributed by atoms with Gasteiger partial charge in [-0.3, -0.25) is 0 Å². The Morgan fingerprint density at radius 3 is 2.54 bits per heavy atom. The fourth-order valence-corrected chi connectivity index (χ4v) is 0.915. The van der Waals surface area contributed by atoms with Crippen LogP contribution in [0.2, 0.25) is 0 Å². The van der Waals surface area contributed by atoms with Crippen LogP contribution >= 0.6 is 0 Å². The van der Waals surface area contributed by atoms with E-state index in [2.05, 4.69) is 4.98 Å². The summed E-state index contributed by atoms with van der Waals surface area (Å²) < 4.78 is 10.4. The number of ether oxygens (including phenoxy) is 2. The number of pyridine rings is 1. The van der Waals surface area contributed by atoms with Crippen molar-refractivity contribution in [3.8, 4) is 11.8 Å². The van der Waals surface area contributed by atoms with E-state index in [1.807, 2.05) is 13.8 Å². The lowest BCUT2D eigenvalue weighted by Gasteiger charge is -2.07. The number of nitrogens with zero attached hydrogens (tertiary/aromatic N) is 1. The maximum absolute atomic E-state index is 5.63. The summed E-state index contributed by atoms with van der Waals surface area (Å²) in [5, 5.41) is 0. The first-order chi connectivity index (χ1) is 6.27. The molecule has 0 aliphatic carbocycles. The minimum absolute atomic E-state index is 0.438. The van der Waals surface area contributed by atoms with Crippen LogP contribution in [0.25, 0.3) is 0 Å². The van der Waals surface area contributed by atoms with Crippen LogP contribution < -0.4 is 15.2 Å². The van der Waals surface area contributed by atoms with Crippen molar-refractivity contribution in [3.05, 3.63) is 12.1 Å². The summed E-state index contributed by atoms with van der Waals surface area (Å²) >= 11 is 0. The first-order valence-corrected chi connectivity index (χ1v) is 4.30. The van der Waals surface area contributed by atoms with Gasteiger partial charge in [0.05, 0.1) is 18.9 Å². The Morgan fingerprint density at radius 1 is 1.23 bits per heavy atom. The van der Waals surface area contributed by atoms with Gasteiger partial charge in [-0.2, -0.15) is 4.98 Å². The van der Waals surface area contributed by atoms with Gasteiger partial charge in [-0.1, -0.05) is 0 Å². The van der Waals surface area contributed by atoms with Crippen molar-refractivity contribution in [2.24, 2.45) is 0 Å². The summed E-state index contributed by atoms with van der Waals surface area (Å²) in [5.41, 5.74) is 6.16. The van der Waals surface area contributed by atoms with Gasteiger partial charge in [0.1, 0.15) is 0 Å². The lowest BCUT2D eigenvalue weighted by atomic mass is 10.4. The standard InChI is InChI=1S/C9H14N2O2/c1-3-12-8-6-5-7(10)9(11-8)13-4-2/h5-6H,3-4,10H2,1-2H3. The van der Waals surface area contributed by atoms with E-state index >= 15 is 0 Å². The summed E-state index contributed by atoms with van der Waals surface area (Å²) in [6.07, 6.45) is 0. The first kappa shape index (κ1) is 9.64. The Kier molecular flexibility index (Phi) is 3.37. The first-order valence-electron chi connectivity index (χ1n) is 4.30. The molecule has 0 amide bonds. The normalized spacial score (nSPS) is 9.69. The van der Waals surface area contributed by atoms with Crippen LogP contribution in [-0.4, -0.2) is 18.2 Å². The molecule has 0 spiro atoms. The molecular formula is C9H14N2O2. The second-order valence-electron chi connectivity index (χ2n) is 2.41. The summed E-state index contributed by atoms with van der Waals surface area (Å²) in [7, 11) is 0. The molecule has 0 aliphatic heterocycles. The maximum atomic E-state index is 5.63. The van der Waals surface area contributed by atoms with Gasteiger partial charge < -0.3 is 15.2 Å². The second kappa shape index (κ2) is 4.54. The summed E-state index contributed by atoms with van der Waals surface area (Å²) in [6, 6.07) is 3.45. The Morgan fingerprint density at radius 2 is 1.92 bits per heavy atom. The fourth-order valence-electron chi connectivity index (χ4n) is 0.915. The molecule has 4 heteroatoms. The summed E-state index contributed by atoms with van der Waals surface area (Å²) in [6.45, 7) is 4.92. The molecule has 0 fully saturated rings. The van der Waals surface area contributed by atoms with Crippen molar-refractivity contribution < 1.29 is 9.47 Å². The fraction of sp³-hybridized carbons (Fsp3) is 0.444. The molecule has 0 atom stereocenters. The van der Waals surface area contributed by atoms with Gasteiger partial charge in [-0.25, -0.2) is 0 Å². The molecule has 1 aromatic rings. The molecule has 72 valence electrons. The number of rotatable bonds is 4. The van der Waals surface area contributed by atoms with Crippen LogP contribution in [-0.2, 0) is 0 Å². The van der Waals surface area contributed by atoms with Crippen molar-refractivity contribution in [2.45, 2.75) is 13.8 Å². The zero-order chi connectivity index (χ0) is 9.68. The van der Waals surface area contributed by atoms with Crippen LogP contribution in [0.3, 0.4) is 0 Å². The van der Waals surface area contributed by atoms with Crippen LogP contribution in [0.15, 0.2) is 12.1 Å². The lowest BCUT2D eigenvalue weighted by Crippen LogP contribution is -2.01. The van der Waals surface area contributed by atoms with Crippen molar-refractivity contribution in [1.82, 2.24) is 4.98 Å². The average Bonchev–Trinajstić information content (AvgIpc) is 2.12. The molecule has 0 saturated carbocycles. The number of hydrogen-bond donors (Lipinski definition) is 1. The van der Waals surface area contributed by atoms with Gasteiger partial charge in [0.15, 0.2) is 0 Å². The molecule has 1 heterocycles. The molecule has 1 rings (SSSR count). The molecule has 13 heavy (non-hydrogen) atoms. The van der Waals surface area contributed by atoms with Crippen molar-refractivity contribution >= 4 is 5.69 Å². The van der Waals surface area contributed by atoms with Crippen LogP contribution in [0.5, 0.6) is 11.8 Å². The predicted molar refractivity (Wildman–Crippen MR) is 51.0 cm³/mol. The van der Waals surface area contributed by atoms with Gasteiger partial charge in [-0.15, -0.1) is 0 Å². The van der Waals surface area contributed by atoms with Gasteiger partial charge >= 0.3 is 0 Å². The SMILES string of the molecule is CCOc1ccc(N)c(OCC)n1. The highest BCUT2D eigenvalue weighted by Crippen LogP contribution is 2.21. The van der Waals surface area contributed by atoms with E-state index in [1.165, 1.54) is 0 Å². The number of hydrogen-bond acceptors (Lipinski definition) is 4. The smallest absolute Gasteiger partial charge is 0.240 e. The zero-order valence-corrected chi connectivity index (χ0v) is 7.91. The molecule has 2 N–H and O–H groups in total. The Labute approximate surface area is 77.7 Å². The van der Waals surface area contributed by atoms with Crippen molar-refractivity contribution in [2.75, 3.05) is 18.9 Å². The Bertz CT molecular complexity index is 276. The average molecular weight is 182 g/mol. The number of anilines is 1. The lowest BCUT2D eigenvalue weighted by molar-refractivity contribution is 0.300. The largest absolute Gasteiger partial charge is 0.478 e. The topological polar surface area (TPSA) is 57.4 Å². The van der Waals surface area contributed by atoms with E-state index in [0.717, 1.165) is 0 Å². The minimum Gasteiger partial charge on any atom is -0.478 e. The summed E-state index contributed by atoms with van der Waals surface area (Å²) in [5.74, 6) is 0.980. The molecule has 4 nitrogen and oxygen atoms in total. The van der Waals surface area contributed by atoms with Crippen LogP contribution in [0.4, 0.5) is 5.69 Å². The molecule has 1 aromatic heterocycles. The van der Waals surface area contributed by atoms with Crippen molar-refractivity contribution in [3.63, 3.8) is 0 Å². The quantitative estimate of drug-likeness (QED) is 0.765. The Hall–Kier alpha value is -1.45. The van der Waals surface area contributed by atoms with E-state index < -0.39 is 0 Å². The predicted octanol–water partition coefficient (Wildman–Crippen LogP) is 1.46. The highest BCUT2D eigenvalue weighted by Gasteiger charge is 2.03. The van der Waals surface area contributed by atoms with Crippen LogP contribution in [0.1, 0.15) is 13.8 Å². The van der Waals surface area contributed by atoms with E-state index in [-0.39, 0.29) is 0 Å². The van der Waals surface area contributed by atoms with Gasteiger partial charge in [0.2, 0.25) is 11.8 Å². The molecule has 0 bridgehead atoms. The number of nitrogens with two attached hydrogens (primary N) is 1. The summed E-state index contributed by atoms with van der Waals surface area (Å²) in [4.78, 5) is 4.08. The van der Waals surface area contributed by atoms with E-state index in [1.54, 1.807) is 12.1 Å². The van der Waals surface area contributed by atoms with E-state index in [9.17, 15) is 0 Å².